The second kappa shape index (κ2) is 14.1. The third kappa shape index (κ3) is 5.69. The van der Waals surface area contributed by atoms with Crippen LogP contribution in [0.25, 0.3) is 0 Å². The van der Waals surface area contributed by atoms with Gasteiger partial charge in [0.05, 0.1) is 31.3 Å². The lowest BCUT2D eigenvalue weighted by molar-refractivity contribution is -0.312. The molecule has 0 bridgehead atoms. The van der Waals surface area contributed by atoms with Crippen molar-refractivity contribution in [2.45, 2.75) is 154 Å². The van der Waals surface area contributed by atoms with Crippen LogP contribution in [0.3, 0.4) is 0 Å². The molecule has 2 heterocycles. The van der Waals surface area contributed by atoms with Crippen LogP contribution in [-0.2, 0) is 23.7 Å². The van der Waals surface area contributed by atoms with Crippen molar-refractivity contribution in [2.24, 2.45) is 50.7 Å². The van der Waals surface area contributed by atoms with Crippen molar-refractivity contribution >= 4 is 5.97 Å². The second-order valence-corrected chi connectivity index (χ2v) is 19.1. The summed E-state index contributed by atoms with van der Waals surface area (Å²) in [6, 6.07) is 0. The summed E-state index contributed by atoms with van der Waals surface area (Å²) in [4.78, 5) is 14.5. The van der Waals surface area contributed by atoms with Gasteiger partial charge in [0.15, 0.2) is 6.29 Å². The zero-order chi connectivity index (χ0) is 39.3. The minimum Gasteiger partial charge on any atom is -0.432 e. The molecule has 5 aliphatic carbocycles. The molecule has 0 radical (unpaired) electrons. The van der Waals surface area contributed by atoms with Gasteiger partial charge in [-0.1, -0.05) is 58.4 Å². The zero-order valence-corrected chi connectivity index (χ0v) is 32.5. The van der Waals surface area contributed by atoms with E-state index in [4.69, 9.17) is 18.9 Å². The fourth-order valence-corrected chi connectivity index (χ4v) is 13.1. The largest absolute Gasteiger partial charge is 0.432 e. The monoisotopic (exact) mass is 764 g/mol. The van der Waals surface area contributed by atoms with Gasteiger partial charge >= 0.3 is 5.97 Å². The zero-order valence-electron chi connectivity index (χ0n) is 32.5. The van der Waals surface area contributed by atoms with E-state index in [1.165, 1.54) is 5.57 Å². The van der Waals surface area contributed by atoms with Crippen LogP contribution in [0, 0.1) is 50.7 Å². The lowest BCUT2D eigenvalue weighted by atomic mass is 9.33. The van der Waals surface area contributed by atoms with Crippen molar-refractivity contribution in [1.29, 1.82) is 0 Å². The molecule has 13 nitrogen and oxygen atoms in total. The van der Waals surface area contributed by atoms with Gasteiger partial charge in [-0.2, -0.15) is 0 Å². The van der Waals surface area contributed by atoms with Crippen LogP contribution in [0.5, 0.6) is 0 Å². The fraction of sp³-hybridized carbons (Fsp3) is 0.878. The third-order valence-corrected chi connectivity index (χ3v) is 16.8. The SMILES string of the molecule is C=C1[C@H]2C3=CC[C@@H]4[C@@]5(C)CC[C@H](O[C@@H]6OC[C@H](O)[C@H](O)[C@H]6O)[C@@](C)(CO)[C@@H]5CC[C@@]4(C)[C@]3(C)CC[C@@]2(C(=O)O[C@@H]2O[C@H](CO)[C@@H](O)[C@H](O)[C@H]2O)CC[C@H]1C. The average Bonchev–Trinajstić information content (AvgIpc) is 3.14. The summed E-state index contributed by atoms with van der Waals surface area (Å²) in [6.45, 7) is 15.1. The summed E-state index contributed by atoms with van der Waals surface area (Å²) in [7, 11) is 0. The molecule has 2 saturated heterocycles. The first-order chi connectivity index (χ1) is 25.3. The Balaban J connectivity index is 1.18. The van der Waals surface area contributed by atoms with Gasteiger partial charge in [-0.3, -0.25) is 4.79 Å². The highest BCUT2D eigenvalue weighted by molar-refractivity contribution is 5.80. The van der Waals surface area contributed by atoms with E-state index in [1.807, 2.05) is 0 Å². The number of carbonyl (C=O) groups excluding carboxylic acids is 1. The Bertz CT molecular complexity index is 1490. The molecule has 54 heavy (non-hydrogen) atoms. The standard InChI is InChI=1S/C41H64O13/c1-20-9-14-41(36(50)54-35-33(49)31(47)30(46)24(17-42)52-35)16-15-39(5)22(28(41)21(20)2)7-8-26-37(3)12-11-27(53-34-32(48)29(45)23(44)18-51-34)38(4,19-43)25(37)10-13-40(26,39)6/h7,20,23-35,42-49H,2,8-19H2,1,3-6H3/t20-,23+,24-,25-,26-,27+,28+,29+,30-,31+,32-,33-,34+,35+,37+,38+,39-,40-,41+/m1/s1. The Kier molecular flexibility index (Phi) is 10.6. The fourth-order valence-electron chi connectivity index (χ4n) is 13.1. The Morgan fingerprint density at radius 3 is 2.24 bits per heavy atom. The maximum Gasteiger partial charge on any atom is 0.315 e. The topological polar surface area (TPSA) is 216 Å². The first kappa shape index (κ1) is 40.7. The van der Waals surface area contributed by atoms with Gasteiger partial charge in [0.2, 0.25) is 6.29 Å². The molecule has 0 unspecified atom stereocenters. The van der Waals surface area contributed by atoms with E-state index in [2.05, 4.69) is 47.3 Å². The lowest BCUT2D eigenvalue weighted by Crippen LogP contribution is -2.67. The minimum atomic E-state index is -1.68. The number of hydrogen-bond donors (Lipinski definition) is 8. The second-order valence-electron chi connectivity index (χ2n) is 19.1. The van der Waals surface area contributed by atoms with Crippen LogP contribution in [0.1, 0.15) is 92.4 Å². The number of aliphatic hydroxyl groups excluding tert-OH is 8. The third-order valence-electron chi connectivity index (χ3n) is 16.8. The van der Waals surface area contributed by atoms with E-state index < -0.39 is 84.8 Å². The van der Waals surface area contributed by atoms with Crippen LogP contribution in [-0.4, -0.2) is 128 Å². The Morgan fingerprint density at radius 1 is 0.852 bits per heavy atom. The molecular weight excluding hydrogens is 700 g/mol. The molecular formula is C41H64O13. The average molecular weight is 765 g/mol. The van der Waals surface area contributed by atoms with E-state index >= 15 is 0 Å². The summed E-state index contributed by atoms with van der Waals surface area (Å²) in [5.41, 5.74) is -0.0513. The summed E-state index contributed by atoms with van der Waals surface area (Å²) in [5.74, 6) is -0.324. The summed E-state index contributed by atoms with van der Waals surface area (Å²) in [5, 5.41) is 83.4. The number of aliphatic hydroxyl groups is 8. The van der Waals surface area contributed by atoms with E-state index in [0.717, 1.165) is 44.1 Å². The Morgan fingerprint density at radius 2 is 1.56 bits per heavy atom. The van der Waals surface area contributed by atoms with Crippen LogP contribution < -0.4 is 0 Å². The van der Waals surface area contributed by atoms with Crippen molar-refractivity contribution in [2.75, 3.05) is 19.8 Å². The molecule has 7 aliphatic rings. The molecule has 0 aromatic heterocycles. The predicted molar refractivity (Wildman–Crippen MR) is 193 cm³/mol. The number of fused-ring (bicyclic) bond motifs is 7. The first-order valence-corrected chi connectivity index (χ1v) is 20.2. The molecule has 0 amide bonds. The van der Waals surface area contributed by atoms with Gasteiger partial charge in [0.25, 0.3) is 0 Å². The van der Waals surface area contributed by atoms with Gasteiger partial charge < -0.3 is 59.8 Å². The number of hydrogen-bond acceptors (Lipinski definition) is 13. The smallest absolute Gasteiger partial charge is 0.315 e. The molecule has 0 spiro atoms. The van der Waals surface area contributed by atoms with Crippen molar-refractivity contribution in [3.63, 3.8) is 0 Å². The van der Waals surface area contributed by atoms with Gasteiger partial charge in [-0.25, -0.2) is 0 Å². The van der Waals surface area contributed by atoms with Crippen molar-refractivity contribution in [3.05, 3.63) is 23.8 Å². The summed E-state index contributed by atoms with van der Waals surface area (Å²) < 4.78 is 23.6. The number of ether oxygens (including phenoxy) is 4. The normalized spacial score (nSPS) is 54.7. The number of esters is 1. The van der Waals surface area contributed by atoms with Gasteiger partial charge in [0.1, 0.15) is 42.7 Å². The molecule has 0 aromatic rings. The van der Waals surface area contributed by atoms with E-state index in [1.54, 1.807) is 0 Å². The van der Waals surface area contributed by atoms with Gasteiger partial charge in [0, 0.05) is 11.3 Å². The molecule has 13 heteroatoms. The highest BCUT2D eigenvalue weighted by atomic mass is 16.7. The van der Waals surface area contributed by atoms with Crippen molar-refractivity contribution < 1.29 is 64.6 Å². The molecule has 8 N–H and O–H groups in total. The molecule has 0 aromatic carbocycles. The summed E-state index contributed by atoms with van der Waals surface area (Å²) in [6.07, 6.45) is -4.30. The summed E-state index contributed by atoms with van der Waals surface area (Å²) >= 11 is 0. The molecule has 306 valence electrons. The highest BCUT2D eigenvalue weighted by Crippen LogP contribution is 2.76. The maximum atomic E-state index is 14.5. The van der Waals surface area contributed by atoms with E-state index in [-0.39, 0.29) is 53.1 Å². The number of rotatable bonds is 6. The quantitative estimate of drug-likeness (QED) is 0.110. The van der Waals surface area contributed by atoms with Gasteiger partial charge in [-0.05, 0) is 91.8 Å². The van der Waals surface area contributed by atoms with Crippen LogP contribution >= 0.6 is 0 Å². The van der Waals surface area contributed by atoms with Crippen molar-refractivity contribution in [3.8, 4) is 0 Å². The minimum absolute atomic E-state index is 0.0856. The number of allylic oxidation sites excluding steroid dienone is 3. The highest BCUT2D eigenvalue weighted by Gasteiger charge is 2.70. The molecule has 2 aliphatic heterocycles. The maximum absolute atomic E-state index is 14.5. The van der Waals surface area contributed by atoms with Crippen molar-refractivity contribution in [1.82, 2.24) is 0 Å². The molecule has 7 rings (SSSR count). The Labute approximate surface area is 318 Å². The van der Waals surface area contributed by atoms with E-state index in [0.29, 0.717) is 19.3 Å². The van der Waals surface area contributed by atoms with Crippen LogP contribution in [0.15, 0.2) is 23.8 Å². The van der Waals surface area contributed by atoms with Gasteiger partial charge in [-0.15, -0.1) is 0 Å². The van der Waals surface area contributed by atoms with E-state index in [9.17, 15) is 45.6 Å². The first-order valence-electron chi connectivity index (χ1n) is 20.2. The van der Waals surface area contributed by atoms with Crippen LogP contribution in [0.4, 0.5) is 0 Å². The predicted octanol–water partition coefficient (Wildman–Crippen LogP) is 1.70. The number of carbonyl (C=O) groups is 1. The lowest BCUT2D eigenvalue weighted by Gasteiger charge is -2.71. The molecule has 4 saturated carbocycles. The molecule has 6 fully saturated rings. The Hall–Kier alpha value is -1.49. The molecule has 19 atom stereocenters. The van der Waals surface area contributed by atoms with Crippen LogP contribution in [0.2, 0.25) is 0 Å².